The van der Waals surface area contributed by atoms with E-state index in [1.165, 1.54) is 44.9 Å². The molecule has 0 radical (unpaired) electrons. The molecular formula is C77H126O16P2. The van der Waals surface area contributed by atoms with Gasteiger partial charge in [-0.3, -0.25) is 32.5 Å². The van der Waals surface area contributed by atoms with Crippen molar-refractivity contribution in [3.8, 4) is 0 Å². The number of carbonyl (C=O) groups is 3. The summed E-state index contributed by atoms with van der Waals surface area (Å²) >= 11 is 0. The number of esters is 3. The zero-order chi connectivity index (χ0) is 69.5. The highest BCUT2D eigenvalue weighted by Gasteiger charge is 2.29. The van der Waals surface area contributed by atoms with Gasteiger partial charge in [-0.25, -0.2) is 9.13 Å². The fraction of sp³-hybridized carbons (Fsp3) is 0.623. The van der Waals surface area contributed by atoms with E-state index >= 15 is 0 Å². The lowest BCUT2D eigenvalue weighted by atomic mass is 10.1. The van der Waals surface area contributed by atoms with Gasteiger partial charge in [0.05, 0.1) is 26.4 Å². The van der Waals surface area contributed by atoms with E-state index in [1.54, 1.807) is 0 Å². The maximum absolute atomic E-state index is 12.9. The summed E-state index contributed by atoms with van der Waals surface area (Å²) in [5.41, 5.74) is 0. The van der Waals surface area contributed by atoms with Gasteiger partial charge in [-0.15, -0.1) is 0 Å². The van der Waals surface area contributed by atoms with E-state index in [-0.39, 0.29) is 19.3 Å². The summed E-state index contributed by atoms with van der Waals surface area (Å²) in [5, 5.41) is 20.6. The number of allylic oxidation sites excluding steroid dienone is 26. The third kappa shape index (κ3) is 70.3. The van der Waals surface area contributed by atoms with Crippen LogP contribution < -0.4 is 0 Å². The van der Waals surface area contributed by atoms with Crippen LogP contribution in [0.4, 0.5) is 0 Å². The second kappa shape index (κ2) is 69.1. The molecule has 0 amide bonds. The predicted molar refractivity (Wildman–Crippen MR) is 389 cm³/mol. The number of unbranched alkanes of at least 4 members (excludes halogenated alkanes) is 17. The van der Waals surface area contributed by atoms with Crippen molar-refractivity contribution in [1.29, 1.82) is 0 Å². The number of carbonyl (C=O) groups excluding carboxylic acids is 3. The fourth-order valence-electron chi connectivity index (χ4n) is 8.83. The SMILES string of the molecule is CC/C=C\C/C=C\C/C=C\C/C=C\C/C=C\C/C=C\CCC(=O)OCC(COP(=O)(O)OCC(O)COP(=O)(O)OCC(O)COC(=O)CCCCCCCCCCC/C=C\C/C=C\C/C=C\C/C=C\C/C=C\CC)OC(=O)CCCCCCC/C=C\C/C=C\CCCCC. The highest BCUT2D eigenvalue weighted by atomic mass is 31.2. The summed E-state index contributed by atoms with van der Waals surface area (Å²) in [4.78, 5) is 58.4. The van der Waals surface area contributed by atoms with Crippen LogP contribution in [0, 0.1) is 0 Å². The van der Waals surface area contributed by atoms with E-state index in [9.17, 15) is 43.5 Å². The summed E-state index contributed by atoms with van der Waals surface area (Å²) in [6.45, 7) is 2.28. The number of rotatable bonds is 66. The number of aliphatic hydroxyl groups is 2. The Labute approximate surface area is 574 Å². The Morgan fingerprint density at radius 2 is 0.579 bits per heavy atom. The maximum Gasteiger partial charge on any atom is 0.472 e. The minimum absolute atomic E-state index is 0.0370. The Bertz CT molecular complexity index is 2360. The molecule has 0 aromatic carbocycles. The van der Waals surface area contributed by atoms with Crippen LogP contribution in [0.5, 0.6) is 0 Å². The molecule has 0 heterocycles. The monoisotopic (exact) mass is 1370 g/mol. The van der Waals surface area contributed by atoms with Crippen molar-refractivity contribution in [3.05, 3.63) is 158 Å². The molecule has 0 aromatic heterocycles. The Kier molecular flexibility index (Phi) is 65.6. The smallest absolute Gasteiger partial charge is 0.463 e. The normalized spacial score (nSPS) is 15.1. The minimum atomic E-state index is -4.95. The zero-order valence-corrected chi connectivity index (χ0v) is 60.3. The maximum atomic E-state index is 12.9. The summed E-state index contributed by atoms with van der Waals surface area (Å²) in [5.74, 6) is -1.71. The van der Waals surface area contributed by atoms with Crippen LogP contribution in [-0.2, 0) is 55.8 Å². The van der Waals surface area contributed by atoms with E-state index in [2.05, 4.69) is 161 Å². The van der Waals surface area contributed by atoms with Crippen LogP contribution in [0.2, 0.25) is 0 Å². The molecule has 0 aliphatic carbocycles. The Balaban J connectivity index is 4.68. The third-order valence-electron chi connectivity index (χ3n) is 14.2. The number of phosphoric ester groups is 2. The summed E-state index contributed by atoms with van der Waals surface area (Å²) in [6.07, 6.45) is 84.5. The molecule has 4 N–H and O–H groups in total. The van der Waals surface area contributed by atoms with Crippen molar-refractivity contribution in [2.75, 3.05) is 39.6 Å². The van der Waals surface area contributed by atoms with Gasteiger partial charge in [0, 0.05) is 19.3 Å². The van der Waals surface area contributed by atoms with Gasteiger partial charge in [0.25, 0.3) is 0 Å². The Morgan fingerprint density at radius 1 is 0.305 bits per heavy atom. The van der Waals surface area contributed by atoms with Gasteiger partial charge < -0.3 is 34.2 Å². The molecule has 16 nitrogen and oxygen atoms in total. The molecule has 0 saturated carbocycles. The number of hydrogen-bond donors (Lipinski definition) is 4. The van der Waals surface area contributed by atoms with Crippen LogP contribution >= 0.6 is 15.6 Å². The molecule has 0 saturated heterocycles. The predicted octanol–water partition coefficient (Wildman–Crippen LogP) is 20.3. The third-order valence-corrected chi connectivity index (χ3v) is 16.1. The van der Waals surface area contributed by atoms with Crippen LogP contribution in [0.3, 0.4) is 0 Å². The number of aliphatic hydroxyl groups excluding tert-OH is 2. The average molecular weight is 1370 g/mol. The number of ether oxygens (including phenoxy) is 3. The van der Waals surface area contributed by atoms with E-state index in [0.29, 0.717) is 25.7 Å². The van der Waals surface area contributed by atoms with Gasteiger partial charge in [0.1, 0.15) is 25.4 Å². The van der Waals surface area contributed by atoms with Gasteiger partial charge in [0.15, 0.2) is 6.10 Å². The molecule has 5 unspecified atom stereocenters. The lowest BCUT2D eigenvalue weighted by Crippen LogP contribution is -2.30. The highest BCUT2D eigenvalue weighted by Crippen LogP contribution is 2.45. The molecule has 0 aliphatic heterocycles. The number of hydrogen-bond acceptors (Lipinski definition) is 14. The van der Waals surface area contributed by atoms with Crippen LogP contribution in [0.1, 0.15) is 252 Å². The second-order valence-electron chi connectivity index (χ2n) is 23.3. The molecule has 0 aromatic rings. The quantitative estimate of drug-likeness (QED) is 0.0146. The van der Waals surface area contributed by atoms with E-state index < -0.39 is 91.5 Å². The molecule has 0 bridgehead atoms. The second-order valence-corrected chi connectivity index (χ2v) is 26.2. The summed E-state index contributed by atoms with van der Waals surface area (Å²) < 4.78 is 60.9. The van der Waals surface area contributed by atoms with Crippen LogP contribution in [-0.4, -0.2) is 95.9 Å². The first-order valence-corrected chi connectivity index (χ1v) is 38.8. The Hall–Kier alpha value is -4.83. The average Bonchev–Trinajstić information content (AvgIpc) is 2.13. The topological polar surface area (TPSA) is 231 Å². The van der Waals surface area contributed by atoms with Gasteiger partial charge in [-0.1, -0.05) is 256 Å². The highest BCUT2D eigenvalue weighted by molar-refractivity contribution is 7.47. The Morgan fingerprint density at radius 3 is 0.947 bits per heavy atom. The lowest BCUT2D eigenvalue weighted by molar-refractivity contribution is -0.161. The van der Waals surface area contributed by atoms with E-state index in [4.69, 9.17) is 32.3 Å². The zero-order valence-electron chi connectivity index (χ0n) is 58.5. The molecule has 0 aliphatic rings. The first kappa shape index (κ1) is 90.2. The largest absolute Gasteiger partial charge is 0.472 e. The molecule has 0 fully saturated rings. The first-order chi connectivity index (χ1) is 46.2. The molecule has 0 spiro atoms. The van der Waals surface area contributed by atoms with Crippen molar-refractivity contribution < 1.29 is 75.8 Å². The van der Waals surface area contributed by atoms with Gasteiger partial charge >= 0.3 is 33.6 Å². The van der Waals surface area contributed by atoms with Gasteiger partial charge in [-0.2, -0.15) is 0 Å². The lowest BCUT2D eigenvalue weighted by Gasteiger charge is -2.21. The van der Waals surface area contributed by atoms with E-state index in [1.807, 2.05) is 18.2 Å². The van der Waals surface area contributed by atoms with Gasteiger partial charge in [-0.05, 0) is 135 Å². The van der Waals surface area contributed by atoms with Crippen LogP contribution in [0.25, 0.3) is 0 Å². The van der Waals surface area contributed by atoms with Crippen molar-refractivity contribution in [1.82, 2.24) is 0 Å². The van der Waals surface area contributed by atoms with E-state index in [0.717, 1.165) is 141 Å². The van der Waals surface area contributed by atoms with Crippen molar-refractivity contribution in [2.24, 2.45) is 0 Å². The van der Waals surface area contributed by atoms with Crippen LogP contribution in [0.15, 0.2) is 158 Å². The fourth-order valence-corrected chi connectivity index (χ4v) is 10.4. The standard InChI is InChI=1S/C77H126O16P2/c1-4-7-10-13-16-19-22-25-28-30-32-33-34-35-36-37-39-41-43-45-48-51-54-57-60-63-75(80)87-66-72(78)67-89-94(83,84)90-68-73(79)69-91-95(85,86)92-71-74(93-77(82)65-62-59-56-53-50-47-42-27-24-21-18-15-12-9-6-3)70-88-76(81)64-61-58-55-52-49-46-44-40-38-31-29-26-23-20-17-14-11-8-5-2/h7-8,10-11,16-21,25-29,32-33,35-36,38,40,42,46,49,55,58,72-74,78-79H,4-6,9,12-15,22-24,30-31,34,37,39,41,43-45,47-48,50-54,56-57,59-71H2,1-3H3,(H,83,84)(H,85,86)/b10-7-,11-8-,19-16-,20-17-,21-18-,28-25-,29-26-,33-32-,36-35-,40-38-,42-27-,49-46-,58-55-. The van der Waals surface area contributed by atoms with Gasteiger partial charge in [0.2, 0.25) is 0 Å². The molecular weight excluding hydrogens is 1240 g/mol. The molecule has 0 rings (SSSR count). The van der Waals surface area contributed by atoms with Crippen molar-refractivity contribution >= 4 is 33.6 Å². The first-order valence-electron chi connectivity index (χ1n) is 35.8. The molecule has 5 atom stereocenters. The summed E-state index contributed by atoms with van der Waals surface area (Å²) in [6, 6.07) is 0. The number of phosphoric acid groups is 2. The molecule has 95 heavy (non-hydrogen) atoms. The van der Waals surface area contributed by atoms with Crippen molar-refractivity contribution in [2.45, 2.75) is 270 Å². The van der Waals surface area contributed by atoms with Crippen molar-refractivity contribution in [3.63, 3.8) is 0 Å². The molecule has 18 heteroatoms. The summed E-state index contributed by atoms with van der Waals surface area (Å²) in [7, 11) is -9.82. The molecule has 540 valence electrons. The minimum Gasteiger partial charge on any atom is -0.463 e.